The molecular weight excluding hydrogens is 554 g/mol. The van der Waals surface area contributed by atoms with Crippen LogP contribution in [0, 0.1) is 5.82 Å². The van der Waals surface area contributed by atoms with Gasteiger partial charge in [0.2, 0.25) is 5.88 Å². The zero-order valence-corrected chi connectivity index (χ0v) is 23.6. The quantitative estimate of drug-likeness (QED) is 0.362. The Labute approximate surface area is 246 Å². The Morgan fingerprint density at radius 1 is 1.14 bits per heavy atom. The number of hydrogen-bond acceptors (Lipinski definition) is 9. The lowest BCUT2D eigenvalue weighted by Gasteiger charge is -2.40. The van der Waals surface area contributed by atoms with Gasteiger partial charge in [-0.15, -0.1) is 0 Å². The fourth-order valence-electron chi connectivity index (χ4n) is 8.30. The van der Waals surface area contributed by atoms with Crippen molar-refractivity contribution in [3.63, 3.8) is 0 Å². The molecular formula is C32H32F2N6O3. The van der Waals surface area contributed by atoms with E-state index in [0.29, 0.717) is 48.9 Å². The second-order valence-electron chi connectivity index (χ2n) is 12.8. The molecule has 2 aromatic heterocycles. The van der Waals surface area contributed by atoms with Crippen LogP contribution >= 0.6 is 0 Å². The highest BCUT2D eigenvalue weighted by atomic mass is 19.1. The number of anilines is 1. The van der Waals surface area contributed by atoms with Gasteiger partial charge < -0.3 is 24.8 Å². The molecule has 0 amide bonds. The number of fused-ring (bicyclic) bond motifs is 7. The molecule has 5 aliphatic heterocycles. The van der Waals surface area contributed by atoms with Gasteiger partial charge in [-0.1, -0.05) is 24.3 Å². The predicted octanol–water partition coefficient (Wildman–Crippen LogP) is 4.35. The minimum absolute atomic E-state index is 0.0107. The van der Waals surface area contributed by atoms with E-state index in [1.165, 1.54) is 6.07 Å². The van der Waals surface area contributed by atoms with Crippen LogP contribution in [0.3, 0.4) is 0 Å². The fraction of sp³-hybridized carbons (Fsp3) is 0.469. The van der Waals surface area contributed by atoms with Gasteiger partial charge in [0.25, 0.3) is 0 Å². The number of benzene rings is 2. The number of aromatic hydroxyl groups is 1. The summed E-state index contributed by atoms with van der Waals surface area (Å²) in [6.07, 6.45) is 3.46. The Morgan fingerprint density at radius 3 is 2.98 bits per heavy atom. The van der Waals surface area contributed by atoms with Gasteiger partial charge >= 0.3 is 6.01 Å². The van der Waals surface area contributed by atoms with Crippen LogP contribution in [0.5, 0.6) is 17.6 Å². The molecule has 2 aromatic carbocycles. The number of nitrogens with one attached hydrogen (secondary N) is 1. The second-order valence-corrected chi connectivity index (χ2v) is 12.8. The highest BCUT2D eigenvalue weighted by molar-refractivity contribution is 6.02. The van der Waals surface area contributed by atoms with Crippen molar-refractivity contribution in [3.8, 4) is 28.9 Å². The van der Waals surface area contributed by atoms with Crippen molar-refractivity contribution in [3.05, 3.63) is 42.2 Å². The van der Waals surface area contributed by atoms with Crippen LogP contribution < -0.4 is 19.7 Å². The van der Waals surface area contributed by atoms with Crippen molar-refractivity contribution in [1.82, 2.24) is 25.2 Å². The molecule has 222 valence electrons. The Bertz CT molecular complexity index is 1790. The van der Waals surface area contributed by atoms with E-state index < -0.39 is 12.0 Å². The molecule has 4 fully saturated rings. The lowest BCUT2D eigenvalue weighted by molar-refractivity contribution is 0.107. The molecule has 2 N–H and O–H groups in total. The number of piperazine rings is 1. The summed E-state index contributed by atoms with van der Waals surface area (Å²) in [5.74, 6) is 0.206. The average Bonchev–Trinajstić information content (AvgIpc) is 3.64. The van der Waals surface area contributed by atoms with E-state index in [4.69, 9.17) is 19.4 Å². The molecule has 5 aliphatic rings. The molecule has 4 saturated heterocycles. The molecule has 4 aromatic rings. The standard InChI is InChI=1S/C32H32F2N6O3/c33-18-12-32(8-3-9-39(32)13-18)16-43-31-37-28-25-29(38-31)40-14-19-6-7-23(35-19)24(40)15-42-30(25)36-27(26(28)34)22-11-20(41)10-17-4-1-2-5-21(17)22/h1-2,4-5,10-11,18-19,23-24,35,41H,3,6-9,12-16H2/t18-,19-,23+,24-,32+/m1/s1. The molecule has 0 radical (unpaired) electrons. The number of pyridine rings is 1. The number of aromatic nitrogens is 3. The van der Waals surface area contributed by atoms with E-state index in [1.807, 2.05) is 24.3 Å². The third-order valence-electron chi connectivity index (χ3n) is 10.3. The van der Waals surface area contributed by atoms with Crippen molar-refractivity contribution >= 4 is 27.5 Å². The Balaban J connectivity index is 1.22. The third kappa shape index (κ3) is 3.90. The van der Waals surface area contributed by atoms with Crippen LogP contribution in [0.4, 0.5) is 14.6 Å². The van der Waals surface area contributed by atoms with Crippen molar-refractivity contribution < 1.29 is 23.4 Å². The summed E-state index contributed by atoms with van der Waals surface area (Å²) in [7, 11) is 0. The molecule has 7 heterocycles. The normalized spacial score (nSPS) is 29.5. The van der Waals surface area contributed by atoms with Gasteiger partial charge in [-0.05, 0) is 55.1 Å². The summed E-state index contributed by atoms with van der Waals surface area (Å²) in [5, 5.41) is 16.2. The monoisotopic (exact) mass is 586 g/mol. The average molecular weight is 587 g/mol. The smallest absolute Gasteiger partial charge is 0.319 e. The SMILES string of the molecule is Oc1cc(-c2nc3c4c(nc(OC[C@@]56CCCN5C[C@H](F)C6)nc4c2F)N2C[C@H]4CC[C@H](N4)[C@H]2CO3)c2ccccc2c1. The summed E-state index contributed by atoms with van der Waals surface area (Å²) in [5.41, 5.74) is 0.163. The molecule has 0 spiro atoms. The predicted molar refractivity (Wildman–Crippen MR) is 157 cm³/mol. The first-order valence-corrected chi connectivity index (χ1v) is 15.3. The van der Waals surface area contributed by atoms with E-state index in [-0.39, 0.29) is 53.1 Å². The number of rotatable bonds is 4. The molecule has 0 unspecified atom stereocenters. The summed E-state index contributed by atoms with van der Waals surface area (Å²) < 4.78 is 43.9. The number of hydrogen-bond donors (Lipinski definition) is 2. The molecule has 2 bridgehead atoms. The zero-order valence-electron chi connectivity index (χ0n) is 23.6. The lowest BCUT2D eigenvalue weighted by Crippen LogP contribution is -2.60. The van der Waals surface area contributed by atoms with Crippen LogP contribution in [-0.4, -0.2) is 87.6 Å². The van der Waals surface area contributed by atoms with Crippen molar-refractivity contribution in [2.45, 2.75) is 61.9 Å². The first-order chi connectivity index (χ1) is 21.0. The lowest BCUT2D eigenvalue weighted by atomic mass is 9.95. The third-order valence-corrected chi connectivity index (χ3v) is 10.3. The van der Waals surface area contributed by atoms with Gasteiger partial charge in [-0.2, -0.15) is 9.97 Å². The van der Waals surface area contributed by atoms with E-state index in [9.17, 15) is 9.50 Å². The molecule has 9 rings (SSSR count). The Kier molecular flexibility index (Phi) is 5.57. The minimum atomic E-state index is -0.883. The summed E-state index contributed by atoms with van der Waals surface area (Å²) in [6.45, 7) is 2.58. The second kappa shape index (κ2) is 9.33. The maximum Gasteiger partial charge on any atom is 0.319 e. The summed E-state index contributed by atoms with van der Waals surface area (Å²) in [6, 6.07) is 11.2. The van der Waals surface area contributed by atoms with E-state index in [1.54, 1.807) is 6.07 Å². The van der Waals surface area contributed by atoms with Crippen LogP contribution in [0.1, 0.15) is 32.1 Å². The molecule has 0 saturated carbocycles. The van der Waals surface area contributed by atoms with Gasteiger partial charge in [0.15, 0.2) is 5.82 Å². The molecule has 0 aliphatic carbocycles. The van der Waals surface area contributed by atoms with Crippen molar-refractivity contribution in [1.29, 1.82) is 0 Å². The molecule has 43 heavy (non-hydrogen) atoms. The number of halogens is 2. The first-order valence-electron chi connectivity index (χ1n) is 15.3. The Morgan fingerprint density at radius 2 is 2.05 bits per heavy atom. The maximum absolute atomic E-state index is 16.8. The van der Waals surface area contributed by atoms with Crippen molar-refractivity contribution in [2.24, 2.45) is 0 Å². The molecule has 9 nitrogen and oxygen atoms in total. The van der Waals surface area contributed by atoms with Gasteiger partial charge in [0.1, 0.15) is 47.5 Å². The summed E-state index contributed by atoms with van der Waals surface area (Å²) in [4.78, 5) is 18.7. The van der Waals surface area contributed by atoms with Crippen LogP contribution in [0.25, 0.3) is 32.9 Å². The largest absolute Gasteiger partial charge is 0.508 e. The van der Waals surface area contributed by atoms with Gasteiger partial charge in [-0.3, -0.25) is 4.90 Å². The summed E-state index contributed by atoms with van der Waals surface area (Å²) >= 11 is 0. The van der Waals surface area contributed by atoms with Crippen LogP contribution in [0.2, 0.25) is 0 Å². The van der Waals surface area contributed by atoms with Crippen LogP contribution in [0.15, 0.2) is 36.4 Å². The van der Waals surface area contributed by atoms with E-state index in [2.05, 4.69) is 20.1 Å². The Hall–Kier alpha value is -3.83. The minimum Gasteiger partial charge on any atom is -0.508 e. The van der Waals surface area contributed by atoms with Gasteiger partial charge in [0, 0.05) is 37.2 Å². The number of ether oxygens (including phenoxy) is 2. The number of phenolic OH excluding ortho intramolecular Hbond substituents is 1. The maximum atomic E-state index is 16.8. The van der Waals surface area contributed by atoms with Gasteiger partial charge in [0.05, 0.1) is 11.6 Å². The van der Waals surface area contributed by atoms with Crippen molar-refractivity contribution in [2.75, 3.05) is 37.7 Å². The first kappa shape index (κ1) is 25.6. The van der Waals surface area contributed by atoms with Gasteiger partial charge in [-0.25, -0.2) is 13.8 Å². The number of phenols is 1. The van der Waals surface area contributed by atoms with E-state index in [0.717, 1.165) is 43.0 Å². The fourth-order valence-corrected chi connectivity index (χ4v) is 8.30. The molecule has 5 atom stereocenters. The highest BCUT2D eigenvalue weighted by Gasteiger charge is 2.50. The zero-order chi connectivity index (χ0) is 28.9. The van der Waals surface area contributed by atoms with Crippen LogP contribution in [-0.2, 0) is 0 Å². The van der Waals surface area contributed by atoms with E-state index >= 15 is 4.39 Å². The molecule has 11 heteroatoms. The topological polar surface area (TPSA) is 95.9 Å². The number of alkyl halides is 1. The number of nitrogens with zero attached hydrogens (tertiary/aromatic N) is 5. The highest BCUT2D eigenvalue weighted by Crippen LogP contribution is 2.45.